The van der Waals surface area contributed by atoms with Gasteiger partial charge in [0.15, 0.2) is 0 Å². The Morgan fingerprint density at radius 3 is 2.53 bits per heavy atom. The van der Waals surface area contributed by atoms with Crippen LogP contribution in [0.25, 0.3) is 10.8 Å². The lowest BCUT2D eigenvalue weighted by atomic mass is 10.0. The molecule has 0 saturated carbocycles. The van der Waals surface area contributed by atoms with Crippen LogP contribution in [-0.2, 0) is 4.79 Å². The topological polar surface area (TPSA) is 64.3 Å². The van der Waals surface area contributed by atoms with Gasteiger partial charge in [0, 0.05) is 23.0 Å². The Bertz CT molecular complexity index is 659. The van der Waals surface area contributed by atoms with Gasteiger partial charge in [-0.3, -0.25) is 4.79 Å². The number of benzene rings is 2. The van der Waals surface area contributed by atoms with Crippen molar-refractivity contribution in [3.63, 3.8) is 0 Å². The summed E-state index contributed by atoms with van der Waals surface area (Å²) in [5.41, 5.74) is 1.45. The molecule has 4 heteroatoms. The zero-order valence-electron chi connectivity index (χ0n) is 10.6. The number of fused-ring (bicyclic) bond motifs is 1. The Morgan fingerprint density at radius 1 is 1.26 bits per heavy atom. The predicted octanol–water partition coefficient (Wildman–Crippen LogP) is 2.62. The second-order valence-corrected chi connectivity index (χ2v) is 4.20. The third-order valence-electron chi connectivity index (χ3n) is 3.07. The lowest BCUT2D eigenvalue weighted by Gasteiger charge is -2.23. The molecule has 0 aromatic heterocycles. The molecule has 0 aliphatic heterocycles. The summed E-state index contributed by atoms with van der Waals surface area (Å²) in [4.78, 5) is 12.7. The quantitative estimate of drug-likeness (QED) is 0.910. The fourth-order valence-electron chi connectivity index (χ4n) is 2.19. The molecular formula is C15H14N2O2. The predicted molar refractivity (Wildman–Crippen MR) is 74.2 cm³/mol. The minimum Gasteiger partial charge on any atom is -0.480 e. The molecule has 0 amide bonds. The van der Waals surface area contributed by atoms with Crippen molar-refractivity contribution in [2.45, 2.75) is 6.92 Å². The summed E-state index contributed by atoms with van der Waals surface area (Å²) in [5, 5.41) is 19.8. The number of hydrogen-bond donors (Lipinski definition) is 1. The van der Waals surface area contributed by atoms with Gasteiger partial charge < -0.3 is 10.0 Å². The molecule has 0 fully saturated rings. The Balaban J connectivity index is 2.61. The smallest absolute Gasteiger partial charge is 0.323 e. The number of aliphatic carboxylic acids is 1. The van der Waals surface area contributed by atoms with Crippen LogP contribution in [-0.4, -0.2) is 24.2 Å². The van der Waals surface area contributed by atoms with E-state index in [0.29, 0.717) is 12.1 Å². The van der Waals surface area contributed by atoms with Crippen molar-refractivity contribution in [2.24, 2.45) is 0 Å². The lowest BCUT2D eigenvalue weighted by molar-refractivity contribution is -0.135. The zero-order chi connectivity index (χ0) is 13.8. The highest BCUT2D eigenvalue weighted by Crippen LogP contribution is 2.29. The SMILES string of the molecule is CCN(CC(=O)O)c1ccc(C#N)c2ccccc12. The Labute approximate surface area is 111 Å². The number of carbonyl (C=O) groups is 1. The lowest BCUT2D eigenvalue weighted by Crippen LogP contribution is -2.29. The maximum absolute atomic E-state index is 10.9. The molecule has 0 aliphatic rings. The first-order valence-corrected chi connectivity index (χ1v) is 6.06. The molecule has 2 aromatic rings. The van der Waals surface area contributed by atoms with Crippen molar-refractivity contribution in [3.8, 4) is 6.07 Å². The molecule has 0 aliphatic carbocycles. The van der Waals surface area contributed by atoms with Gasteiger partial charge in [-0.15, -0.1) is 0 Å². The van der Waals surface area contributed by atoms with Crippen LogP contribution in [0, 0.1) is 11.3 Å². The van der Waals surface area contributed by atoms with E-state index >= 15 is 0 Å². The summed E-state index contributed by atoms with van der Waals surface area (Å²) < 4.78 is 0. The van der Waals surface area contributed by atoms with Crippen LogP contribution in [0.1, 0.15) is 12.5 Å². The number of anilines is 1. The number of hydrogen-bond acceptors (Lipinski definition) is 3. The molecule has 1 N–H and O–H groups in total. The molecule has 2 rings (SSSR count). The Hall–Kier alpha value is -2.54. The molecule has 96 valence electrons. The van der Waals surface area contributed by atoms with Crippen molar-refractivity contribution >= 4 is 22.4 Å². The minimum absolute atomic E-state index is 0.0492. The summed E-state index contributed by atoms with van der Waals surface area (Å²) in [6.07, 6.45) is 0. The zero-order valence-corrected chi connectivity index (χ0v) is 10.6. The van der Waals surface area contributed by atoms with E-state index < -0.39 is 5.97 Å². The highest BCUT2D eigenvalue weighted by atomic mass is 16.4. The van der Waals surface area contributed by atoms with E-state index in [4.69, 9.17) is 10.4 Å². The van der Waals surface area contributed by atoms with Gasteiger partial charge in [-0.05, 0) is 19.1 Å². The number of carboxylic acid groups (broad SMARTS) is 1. The molecule has 0 saturated heterocycles. The van der Waals surface area contributed by atoms with Crippen LogP contribution < -0.4 is 4.90 Å². The summed E-state index contributed by atoms with van der Waals surface area (Å²) in [6, 6.07) is 13.3. The van der Waals surface area contributed by atoms with E-state index in [9.17, 15) is 4.79 Å². The number of rotatable bonds is 4. The van der Waals surface area contributed by atoms with E-state index in [1.54, 1.807) is 11.0 Å². The van der Waals surface area contributed by atoms with Crippen molar-refractivity contribution in [2.75, 3.05) is 18.0 Å². The van der Waals surface area contributed by atoms with Crippen LogP contribution in [0.2, 0.25) is 0 Å². The van der Waals surface area contributed by atoms with Crippen LogP contribution in [0.4, 0.5) is 5.69 Å². The van der Waals surface area contributed by atoms with Crippen molar-refractivity contribution < 1.29 is 9.90 Å². The molecule has 0 bridgehead atoms. The van der Waals surface area contributed by atoms with E-state index in [2.05, 4.69) is 6.07 Å². The van der Waals surface area contributed by atoms with E-state index in [1.807, 2.05) is 37.3 Å². The first-order valence-electron chi connectivity index (χ1n) is 6.06. The molecule has 0 unspecified atom stereocenters. The van der Waals surface area contributed by atoms with Gasteiger partial charge >= 0.3 is 5.97 Å². The monoisotopic (exact) mass is 254 g/mol. The first-order chi connectivity index (χ1) is 9.17. The fourth-order valence-corrected chi connectivity index (χ4v) is 2.19. The largest absolute Gasteiger partial charge is 0.480 e. The Morgan fingerprint density at radius 2 is 1.95 bits per heavy atom. The van der Waals surface area contributed by atoms with E-state index in [-0.39, 0.29) is 6.54 Å². The maximum Gasteiger partial charge on any atom is 0.323 e. The van der Waals surface area contributed by atoms with Crippen LogP contribution >= 0.6 is 0 Å². The molecule has 4 nitrogen and oxygen atoms in total. The second-order valence-electron chi connectivity index (χ2n) is 4.20. The maximum atomic E-state index is 10.9. The molecule has 0 radical (unpaired) electrons. The molecule has 0 atom stereocenters. The van der Waals surface area contributed by atoms with Crippen LogP contribution in [0.15, 0.2) is 36.4 Å². The van der Waals surface area contributed by atoms with Gasteiger partial charge in [0.05, 0.1) is 11.6 Å². The fraction of sp³-hybridized carbons (Fsp3) is 0.200. The summed E-state index contributed by atoms with van der Waals surface area (Å²) in [7, 11) is 0. The van der Waals surface area contributed by atoms with Gasteiger partial charge in [-0.1, -0.05) is 24.3 Å². The molecule has 0 spiro atoms. The molecule has 2 aromatic carbocycles. The molecule has 0 heterocycles. The number of carboxylic acids is 1. The van der Waals surface area contributed by atoms with Crippen LogP contribution in [0.3, 0.4) is 0 Å². The molecule has 19 heavy (non-hydrogen) atoms. The number of nitriles is 1. The van der Waals surface area contributed by atoms with Gasteiger partial charge in [-0.25, -0.2) is 0 Å². The number of nitrogens with zero attached hydrogens (tertiary/aromatic N) is 2. The highest BCUT2D eigenvalue weighted by Gasteiger charge is 2.13. The third kappa shape index (κ3) is 2.50. The van der Waals surface area contributed by atoms with Gasteiger partial charge in [0.1, 0.15) is 6.54 Å². The minimum atomic E-state index is -0.865. The average Bonchev–Trinajstić information content (AvgIpc) is 2.43. The van der Waals surface area contributed by atoms with Crippen molar-refractivity contribution in [1.82, 2.24) is 0 Å². The van der Waals surface area contributed by atoms with E-state index in [1.165, 1.54) is 0 Å². The summed E-state index contributed by atoms with van der Waals surface area (Å²) in [5.74, 6) is -0.865. The van der Waals surface area contributed by atoms with Gasteiger partial charge in [0.2, 0.25) is 0 Å². The summed E-state index contributed by atoms with van der Waals surface area (Å²) >= 11 is 0. The molecular weight excluding hydrogens is 240 g/mol. The average molecular weight is 254 g/mol. The Kier molecular flexibility index (Phi) is 3.67. The normalized spacial score (nSPS) is 10.1. The van der Waals surface area contributed by atoms with Crippen molar-refractivity contribution in [3.05, 3.63) is 42.0 Å². The van der Waals surface area contributed by atoms with Crippen LogP contribution in [0.5, 0.6) is 0 Å². The van der Waals surface area contributed by atoms with Gasteiger partial charge in [-0.2, -0.15) is 5.26 Å². The van der Waals surface area contributed by atoms with E-state index in [0.717, 1.165) is 16.5 Å². The van der Waals surface area contributed by atoms with Gasteiger partial charge in [0.25, 0.3) is 0 Å². The highest BCUT2D eigenvalue weighted by molar-refractivity contribution is 5.98. The first kappa shape index (κ1) is 12.9. The summed E-state index contributed by atoms with van der Waals surface area (Å²) in [6.45, 7) is 2.46. The second kappa shape index (κ2) is 5.40. The standard InChI is InChI=1S/C15H14N2O2/c1-2-17(10-15(18)19)14-8-7-11(9-16)12-5-3-4-6-13(12)14/h3-8H,2,10H2,1H3,(H,18,19). The van der Waals surface area contributed by atoms with Crippen molar-refractivity contribution in [1.29, 1.82) is 5.26 Å². The number of likely N-dealkylation sites (N-methyl/N-ethyl adjacent to an activating group) is 1. The third-order valence-corrected chi connectivity index (χ3v) is 3.07.